The Balaban J connectivity index is 2.80. The highest BCUT2D eigenvalue weighted by atomic mass is 16.4. The molecule has 0 saturated carbocycles. The first-order valence-corrected chi connectivity index (χ1v) is 6.94. The van der Waals surface area contributed by atoms with Crippen LogP contribution in [0.15, 0.2) is 18.3 Å². The van der Waals surface area contributed by atoms with Crippen LogP contribution < -0.4 is 5.32 Å². The molecule has 0 radical (unpaired) electrons. The average Bonchev–Trinajstić information content (AvgIpc) is 2.37. The van der Waals surface area contributed by atoms with Crippen molar-refractivity contribution in [1.29, 1.82) is 0 Å². The number of carbonyl (C=O) groups excluding carboxylic acids is 1. The molecule has 2 N–H and O–H groups in total. The highest BCUT2D eigenvalue weighted by molar-refractivity contribution is 5.96. The lowest BCUT2D eigenvalue weighted by molar-refractivity contribution is 0.0690. The smallest absolute Gasteiger partial charge is 0.354 e. The largest absolute Gasteiger partial charge is 0.477 e. The van der Waals surface area contributed by atoms with Gasteiger partial charge in [0.2, 0.25) is 0 Å². The summed E-state index contributed by atoms with van der Waals surface area (Å²) in [5.41, 5.74) is 0.186. The van der Waals surface area contributed by atoms with Gasteiger partial charge in [-0.3, -0.25) is 4.79 Å². The van der Waals surface area contributed by atoms with Crippen LogP contribution in [0.4, 0.5) is 0 Å². The lowest BCUT2D eigenvalue weighted by atomic mass is 10.0. The zero-order valence-electron chi connectivity index (χ0n) is 13.0. The molecule has 0 aromatic carbocycles. The van der Waals surface area contributed by atoms with Crippen molar-refractivity contribution in [2.24, 2.45) is 5.92 Å². The zero-order chi connectivity index (χ0) is 16.0. The van der Waals surface area contributed by atoms with Crippen LogP contribution in [0.3, 0.4) is 0 Å². The number of likely N-dealkylation sites (N-methyl/N-ethyl adjacent to an activating group) is 1. The summed E-state index contributed by atoms with van der Waals surface area (Å²) >= 11 is 0. The Labute approximate surface area is 125 Å². The molecule has 1 atom stereocenters. The Kier molecular flexibility index (Phi) is 6.30. The number of carboxylic acids is 1. The fraction of sp³-hybridized carbons (Fsp3) is 0.533. The third-order valence-corrected chi connectivity index (χ3v) is 2.92. The second-order valence-corrected chi connectivity index (χ2v) is 5.80. The lowest BCUT2D eigenvalue weighted by Gasteiger charge is -2.24. The molecule has 0 bridgehead atoms. The van der Waals surface area contributed by atoms with Crippen molar-refractivity contribution in [3.05, 3.63) is 29.6 Å². The monoisotopic (exact) mass is 293 g/mol. The number of amides is 1. The standard InChI is InChI=1S/C15H23N3O3/c1-10(2)7-12(9-18(3)4)17-14(19)11-5-6-16-13(8-11)15(20)21/h5-6,8,10,12H,7,9H2,1-4H3,(H,17,19)(H,20,21). The number of rotatable bonds is 7. The van der Waals surface area contributed by atoms with Crippen LogP contribution in [-0.4, -0.2) is 53.5 Å². The summed E-state index contributed by atoms with van der Waals surface area (Å²) in [5, 5.41) is 11.9. The van der Waals surface area contributed by atoms with Crippen LogP contribution in [0.5, 0.6) is 0 Å². The zero-order valence-corrected chi connectivity index (χ0v) is 13.0. The molecule has 21 heavy (non-hydrogen) atoms. The van der Waals surface area contributed by atoms with Crippen LogP contribution in [0, 0.1) is 5.92 Å². The molecular formula is C15H23N3O3. The molecule has 1 aromatic heterocycles. The van der Waals surface area contributed by atoms with E-state index in [-0.39, 0.29) is 17.6 Å². The quantitative estimate of drug-likeness (QED) is 0.796. The molecule has 1 rings (SSSR count). The molecule has 0 aliphatic heterocycles. The molecule has 0 aliphatic carbocycles. The van der Waals surface area contributed by atoms with Crippen LogP contribution in [0.1, 0.15) is 41.1 Å². The van der Waals surface area contributed by atoms with E-state index in [9.17, 15) is 9.59 Å². The summed E-state index contributed by atoms with van der Waals surface area (Å²) in [6.07, 6.45) is 2.20. The van der Waals surface area contributed by atoms with Gasteiger partial charge in [-0.1, -0.05) is 13.8 Å². The highest BCUT2D eigenvalue weighted by Crippen LogP contribution is 2.08. The van der Waals surface area contributed by atoms with E-state index in [1.807, 2.05) is 19.0 Å². The minimum atomic E-state index is -1.14. The van der Waals surface area contributed by atoms with E-state index in [4.69, 9.17) is 5.11 Å². The number of carboxylic acid groups (broad SMARTS) is 1. The van der Waals surface area contributed by atoms with E-state index >= 15 is 0 Å². The fourth-order valence-corrected chi connectivity index (χ4v) is 2.15. The van der Waals surface area contributed by atoms with E-state index in [2.05, 4.69) is 24.1 Å². The predicted molar refractivity (Wildman–Crippen MR) is 80.5 cm³/mol. The number of pyridine rings is 1. The van der Waals surface area contributed by atoms with Crippen molar-refractivity contribution in [1.82, 2.24) is 15.2 Å². The highest BCUT2D eigenvalue weighted by Gasteiger charge is 2.17. The molecule has 1 heterocycles. The first kappa shape index (κ1) is 17.1. The van der Waals surface area contributed by atoms with Crippen LogP contribution in [-0.2, 0) is 0 Å². The van der Waals surface area contributed by atoms with E-state index in [1.54, 1.807) is 0 Å². The third-order valence-electron chi connectivity index (χ3n) is 2.92. The second-order valence-electron chi connectivity index (χ2n) is 5.80. The number of aromatic carboxylic acids is 1. The minimum absolute atomic E-state index is 0.0222. The first-order valence-electron chi connectivity index (χ1n) is 6.94. The van der Waals surface area contributed by atoms with E-state index in [0.29, 0.717) is 11.5 Å². The maximum absolute atomic E-state index is 12.2. The van der Waals surface area contributed by atoms with Crippen LogP contribution in [0.2, 0.25) is 0 Å². The number of hydrogen-bond donors (Lipinski definition) is 2. The fourth-order valence-electron chi connectivity index (χ4n) is 2.15. The average molecular weight is 293 g/mol. The molecular weight excluding hydrogens is 270 g/mol. The van der Waals surface area contributed by atoms with Gasteiger partial charge in [0.05, 0.1) is 0 Å². The molecule has 116 valence electrons. The van der Waals surface area contributed by atoms with Gasteiger partial charge in [0.15, 0.2) is 0 Å². The summed E-state index contributed by atoms with van der Waals surface area (Å²) in [6, 6.07) is 2.83. The van der Waals surface area contributed by atoms with Crippen molar-refractivity contribution in [2.75, 3.05) is 20.6 Å². The minimum Gasteiger partial charge on any atom is -0.477 e. The van der Waals surface area contributed by atoms with Gasteiger partial charge < -0.3 is 15.3 Å². The van der Waals surface area contributed by atoms with Gasteiger partial charge >= 0.3 is 5.97 Å². The molecule has 0 aliphatic rings. The molecule has 1 unspecified atom stereocenters. The summed E-state index contributed by atoms with van der Waals surface area (Å²) in [4.78, 5) is 28.9. The Bertz CT molecular complexity index is 491. The molecule has 0 fully saturated rings. The predicted octanol–water partition coefficient (Wildman–Crippen LogP) is 1.49. The van der Waals surface area contributed by atoms with E-state index < -0.39 is 5.97 Å². The first-order chi connectivity index (χ1) is 9.79. The second kappa shape index (κ2) is 7.73. The number of carbonyl (C=O) groups is 2. The summed E-state index contributed by atoms with van der Waals surface area (Å²) < 4.78 is 0. The van der Waals surface area contributed by atoms with Gasteiger partial charge in [-0.25, -0.2) is 9.78 Å². The third kappa shape index (κ3) is 5.91. The normalized spacial score (nSPS) is 12.5. The topological polar surface area (TPSA) is 82.5 Å². The number of nitrogens with zero attached hydrogens (tertiary/aromatic N) is 2. The molecule has 1 amide bonds. The van der Waals surface area contributed by atoms with Gasteiger partial charge in [0.25, 0.3) is 5.91 Å². The van der Waals surface area contributed by atoms with Crippen molar-refractivity contribution < 1.29 is 14.7 Å². The SMILES string of the molecule is CC(C)CC(CN(C)C)NC(=O)c1ccnc(C(=O)O)c1. The van der Waals surface area contributed by atoms with Crippen LogP contribution >= 0.6 is 0 Å². The summed E-state index contributed by atoms with van der Waals surface area (Å²) in [6.45, 7) is 4.94. The van der Waals surface area contributed by atoms with Crippen molar-refractivity contribution in [3.8, 4) is 0 Å². The maximum Gasteiger partial charge on any atom is 0.354 e. The Morgan fingerprint density at radius 3 is 2.57 bits per heavy atom. The van der Waals surface area contributed by atoms with Gasteiger partial charge in [-0.05, 0) is 38.6 Å². The van der Waals surface area contributed by atoms with Gasteiger partial charge in [0.1, 0.15) is 5.69 Å². The van der Waals surface area contributed by atoms with Crippen molar-refractivity contribution >= 4 is 11.9 Å². The Hall–Kier alpha value is -1.95. The Morgan fingerprint density at radius 2 is 2.05 bits per heavy atom. The Morgan fingerprint density at radius 1 is 1.38 bits per heavy atom. The molecule has 0 spiro atoms. The molecule has 6 heteroatoms. The van der Waals surface area contributed by atoms with E-state index in [0.717, 1.165) is 13.0 Å². The molecule has 0 saturated heterocycles. The molecule has 1 aromatic rings. The number of hydrogen-bond acceptors (Lipinski definition) is 4. The van der Waals surface area contributed by atoms with Gasteiger partial charge in [-0.15, -0.1) is 0 Å². The van der Waals surface area contributed by atoms with Gasteiger partial charge in [0, 0.05) is 24.3 Å². The number of nitrogens with one attached hydrogen (secondary N) is 1. The van der Waals surface area contributed by atoms with Crippen molar-refractivity contribution in [2.45, 2.75) is 26.3 Å². The van der Waals surface area contributed by atoms with Crippen LogP contribution in [0.25, 0.3) is 0 Å². The maximum atomic E-state index is 12.2. The summed E-state index contributed by atoms with van der Waals surface area (Å²) in [5.74, 6) is -0.952. The van der Waals surface area contributed by atoms with Crippen molar-refractivity contribution in [3.63, 3.8) is 0 Å². The van der Waals surface area contributed by atoms with E-state index in [1.165, 1.54) is 18.3 Å². The number of aromatic nitrogens is 1. The van der Waals surface area contributed by atoms with Gasteiger partial charge in [-0.2, -0.15) is 0 Å². The lowest BCUT2D eigenvalue weighted by Crippen LogP contribution is -2.42. The molecule has 6 nitrogen and oxygen atoms in total. The summed E-state index contributed by atoms with van der Waals surface area (Å²) in [7, 11) is 3.91.